The van der Waals surface area contributed by atoms with Crippen LogP contribution in [0.3, 0.4) is 0 Å². The lowest BCUT2D eigenvalue weighted by Crippen LogP contribution is -2.40. The number of nitrogens with zero attached hydrogens (tertiary/aromatic N) is 1. The van der Waals surface area contributed by atoms with E-state index in [9.17, 15) is 9.59 Å². The molecule has 0 radical (unpaired) electrons. The van der Waals surface area contributed by atoms with Crippen molar-refractivity contribution in [2.24, 2.45) is 16.8 Å². The van der Waals surface area contributed by atoms with E-state index in [1.54, 1.807) is 12.2 Å². The van der Waals surface area contributed by atoms with Gasteiger partial charge in [-0.05, 0) is 76.4 Å². The molecule has 0 spiro atoms. The molecule has 2 aliphatic heterocycles. The molecule has 1 fully saturated rings. The number of carbonyl (C=O) groups is 2. The number of hydrogen-bond acceptors (Lipinski definition) is 6. The summed E-state index contributed by atoms with van der Waals surface area (Å²) in [5, 5.41) is 6.21. The second kappa shape index (κ2) is 8.45. The Kier molecular flexibility index (Phi) is 5.95. The molecule has 1 aliphatic carbocycles. The summed E-state index contributed by atoms with van der Waals surface area (Å²) < 4.78 is 11.3. The number of anilines is 1. The first-order chi connectivity index (χ1) is 15.5. The molecule has 1 amide bonds. The minimum absolute atomic E-state index is 0.0882. The Hall–Kier alpha value is -2.93. The highest BCUT2D eigenvalue weighted by atomic mass is 16.6. The molecule has 1 aromatic carbocycles. The highest BCUT2D eigenvalue weighted by Crippen LogP contribution is 2.47. The Labute approximate surface area is 195 Å². The smallest absolute Gasteiger partial charge is 0.417 e. The molecule has 3 atom stereocenters. The summed E-state index contributed by atoms with van der Waals surface area (Å²) in [5.74, 6) is 0.224. The highest BCUT2D eigenvalue weighted by Gasteiger charge is 2.54. The Morgan fingerprint density at radius 3 is 2.52 bits per heavy atom. The third kappa shape index (κ3) is 4.74. The predicted molar refractivity (Wildman–Crippen MR) is 128 cm³/mol. The maximum Gasteiger partial charge on any atom is 0.417 e. The van der Waals surface area contributed by atoms with Crippen LogP contribution in [-0.4, -0.2) is 35.6 Å². The van der Waals surface area contributed by atoms with E-state index >= 15 is 0 Å². The van der Waals surface area contributed by atoms with E-state index in [0.29, 0.717) is 28.6 Å². The van der Waals surface area contributed by atoms with E-state index in [0.717, 1.165) is 13.0 Å². The zero-order valence-corrected chi connectivity index (χ0v) is 20.2. The second-order valence-corrected chi connectivity index (χ2v) is 10.4. The van der Waals surface area contributed by atoms with Gasteiger partial charge in [0.15, 0.2) is 5.76 Å². The van der Waals surface area contributed by atoms with Gasteiger partial charge in [0.2, 0.25) is 0 Å². The topological polar surface area (TPSA) is 89.0 Å². The van der Waals surface area contributed by atoms with Gasteiger partial charge in [0.1, 0.15) is 11.3 Å². The van der Waals surface area contributed by atoms with Crippen molar-refractivity contribution >= 4 is 23.5 Å². The fraction of sp³-hybridized carbons (Fsp3) is 0.500. The van der Waals surface area contributed by atoms with Gasteiger partial charge in [-0.1, -0.05) is 26.0 Å². The average molecular weight is 452 g/mol. The van der Waals surface area contributed by atoms with Crippen molar-refractivity contribution in [1.82, 2.24) is 5.32 Å². The monoisotopic (exact) mass is 451 g/mol. The third-order valence-corrected chi connectivity index (χ3v) is 6.37. The number of carbonyl (C=O) groups excluding carboxylic acids is 2. The molecule has 0 bridgehead atoms. The van der Waals surface area contributed by atoms with Crippen LogP contribution in [0.2, 0.25) is 0 Å². The van der Waals surface area contributed by atoms with Crippen LogP contribution in [-0.2, 0) is 14.3 Å². The Balaban J connectivity index is 1.56. The summed E-state index contributed by atoms with van der Waals surface area (Å²) in [7, 11) is 0. The van der Waals surface area contributed by atoms with Gasteiger partial charge in [0, 0.05) is 23.1 Å². The molecular weight excluding hydrogens is 418 g/mol. The number of allylic oxidation sites excluding steroid dienone is 3. The largest absolute Gasteiger partial charge is 0.457 e. The van der Waals surface area contributed by atoms with Crippen molar-refractivity contribution in [3.63, 3.8) is 0 Å². The Morgan fingerprint density at radius 2 is 1.88 bits per heavy atom. The molecule has 2 N–H and O–H groups in total. The van der Waals surface area contributed by atoms with Crippen LogP contribution in [0, 0.1) is 11.8 Å². The normalized spacial score (nSPS) is 26.1. The van der Waals surface area contributed by atoms with Crippen molar-refractivity contribution in [2.45, 2.75) is 65.1 Å². The highest BCUT2D eigenvalue weighted by molar-refractivity contribution is 6.12. The van der Waals surface area contributed by atoms with Crippen LogP contribution in [0.5, 0.6) is 0 Å². The third-order valence-electron chi connectivity index (χ3n) is 6.37. The van der Waals surface area contributed by atoms with Crippen molar-refractivity contribution in [2.75, 3.05) is 11.9 Å². The van der Waals surface area contributed by atoms with Crippen molar-refractivity contribution in [1.29, 1.82) is 0 Å². The fourth-order valence-electron chi connectivity index (χ4n) is 4.76. The fourth-order valence-corrected chi connectivity index (χ4v) is 4.76. The molecule has 7 heteroatoms. The molecule has 0 saturated carbocycles. The molecule has 33 heavy (non-hydrogen) atoms. The predicted octanol–water partition coefficient (Wildman–Crippen LogP) is 4.92. The molecule has 1 saturated heterocycles. The van der Waals surface area contributed by atoms with E-state index in [1.165, 1.54) is 5.56 Å². The SMILES string of the molecule is CC(C)c1ccc(NC(=O)OC2=CC=C(C(=O)OC(C)(C)C)C3C2=N[C@]2(C)NCCC32)cc1. The number of benzene rings is 1. The van der Waals surface area contributed by atoms with Gasteiger partial charge in [0.25, 0.3) is 0 Å². The molecule has 2 unspecified atom stereocenters. The number of nitrogens with one attached hydrogen (secondary N) is 2. The number of rotatable bonds is 4. The standard InChI is InChI=1S/C26H33N3O4/c1-15(2)16-7-9-17(10-8-16)28-24(31)32-20-12-11-18(23(30)33-25(3,4)5)21-19-13-14-27-26(19,6)29-22(20)21/h7-12,15,19,21,27H,13-14H2,1-6H3,(H,28,31)/t19?,21?,26-/m0/s1. The van der Waals surface area contributed by atoms with Crippen molar-refractivity contribution < 1.29 is 19.1 Å². The molecule has 176 valence electrons. The lowest BCUT2D eigenvalue weighted by molar-refractivity contribution is -0.150. The van der Waals surface area contributed by atoms with Crippen LogP contribution in [0.1, 0.15) is 59.4 Å². The summed E-state index contributed by atoms with van der Waals surface area (Å²) in [6.45, 7) is 12.6. The minimum Gasteiger partial charge on any atom is -0.457 e. The van der Waals surface area contributed by atoms with Gasteiger partial charge in [-0.3, -0.25) is 15.6 Å². The van der Waals surface area contributed by atoms with E-state index in [4.69, 9.17) is 14.5 Å². The molecule has 3 aliphatic rings. The quantitative estimate of drug-likeness (QED) is 0.634. The van der Waals surface area contributed by atoms with Crippen LogP contribution in [0.4, 0.5) is 10.5 Å². The number of esters is 1. The molecular formula is C26H33N3O4. The average Bonchev–Trinajstić information content (AvgIpc) is 3.21. The van der Waals surface area contributed by atoms with E-state index < -0.39 is 17.4 Å². The first-order valence-corrected chi connectivity index (χ1v) is 11.6. The van der Waals surface area contributed by atoms with Gasteiger partial charge < -0.3 is 9.47 Å². The summed E-state index contributed by atoms with van der Waals surface area (Å²) in [4.78, 5) is 30.5. The van der Waals surface area contributed by atoms with Crippen molar-refractivity contribution in [3.8, 4) is 0 Å². The zero-order chi connectivity index (χ0) is 24.0. The maximum absolute atomic E-state index is 13.0. The maximum atomic E-state index is 13.0. The Bertz CT molecular complexity index is 1050. The van der Waals surface area contributed by atoms with E-state index in [-0.39, 0.29) is 17.8 Å². The van der Waals surface area contributed by atoms with Gasteiger partial charge in [-0.2, -0.15) is 0 Å². The number of ether oxygens (including phenoxy) is 2. The number of amides is 1. The lowest BCUT2D eigenvalue weighted by atomic mass is 9.77. The molecule has 7 nitrogen and oxygen atoms in total. The van der Waals surface area contributed by atoms with Crippen LogP contribution in [0.15, 0.2) is 52.7 Å². The van der Waals surface area contributed by atoms with E-state index in [1.807, 2.05) is 52.0 Å². The van der Waals surface area contributed by atoms with Crippen LogP contribution in [0.25, 0.3) is 0 Å². The van der Waals surface area contributed by atoms with Crippen LogP contribution < -0.4 is 10.6 Å². The van der Waals surface area contributed by atoms with Crippen LogP contribution >= 0.6 is 0 Å². The molecule has 2 heterocycles. The van der Waals surface area contributed by atoms with Gasteiger partial charge in [0.05, 0.1) is 5.71 Å². The second-order valence-electron chi connectivity index (χ2n) is 10.4. The summed E-state index contributed by atoms with van der Waals surface area (Å²) in [5.41, 5.74) is 1.91. The first-order valence-electron chi connectivity index (χ1n) is 11.6. The minimum atomic E-state index is -0.601. The van der Waals surface area contributed by atoms with Gasteiger partial charge in [-0.15, -0.1) is 0 Å². The number of hydrogen-bond donors (Lipinski definition) is 2. The van der Waals surface area contributed by atoms with Gasteiger partial charge >= 0.3 is 12.1 Å². The lowest BCUT2D eigenvalue weighted by Gasteiger charge is -2.29. The van der Waals surface area contributed by atoms with Gasteiger partial charge in [-0.25, -0.2) is 9.59 Å². The zero-order valence-electron chi connectivity index (χ0n) is 20.2. The summed E-state index contributed by atoms with van der Waals surface area (Å²) in [6.07, 6.45) is 3.63. The number of fused-ring (bicyclic) bond motifs is 3. The Morgan fingerprint density at radius 1 is 1.18 bits per heavy atom. The summed E-state index contributed by atoms with van der Waals surface area (Å²) >= 11 is 0. The molecule has 1 aromatic rings. The van der Waals surface area contributed by atoms with E-state index in [2.05, 4.69) is 24.5 Å². The number of aliphatic imine (C=N–C) groups is 1. The first kappa shape index (κ1) is 23.2. The molecule has 4 rings (SSSR count). The van der Waals surface area contributed by atoms with Crippen molar-refractivity contribution in [3.05, 3.63) is 53.3 Å². The summed E-state index contributed by atoms with van der Waals surface area (Å²) in [6, 6.07) is 7.69. The molecule has 0 aromatic heterocycles.